The summed E-state index contributed by atoms with van der Waals surface area (Å²) >= 11 is 0. The van der Waals surface area contributed by atoms with Gasteiger partial charge in [0.05, 0.1) is 0 Å². The van der Waals surface area contributed by atoms with Crippen LogP contribution in [0.5, 0.6) is 0 Å². The quantitative estimate of drug-likeness (QED) is 0.415. The third kappa shape index (κ3) is 2630. The minimum absolute atomic E-state index is 0. The fourth-order valence-electron chi connectivity index (χ4n) is 0. The maximum absolute atomic E-state index is 8.74. The van der Waals surface area contributed by atoms with Crippen LogP contribution in [0.25, 0.3) is 0 Å². The Morgan fingerprint density at radius 1 is 0.727 bits per heavy atom. The third-order valence-electron chi connectivity index (χ3n) is 0. The van der Waals surface area contributed by atoms with Gasteiger partial charge >= 0.3 is 36.2 Å². The Hall–Kier alpha value is 0.540. The van der Waals surface area contributed by atoms with Gasteiger partial charge in [-0.3, -0.25) is 9.11 Å². The fraction of sp³-hybridized carbons (Fsp3) is 0. The summed E-state index contributed by atoms with van der Waals surface area (Å²) < 4.78 is 31.6. The van der Waals surface area contributed by atoms with E-state index < -0.39 is 10.4 Å². The Balaban J connectivity index is -0.00000000533. The first-order valence-corrected chi connectivity index (χ1v) is 2.10. The summed E-state index contributed by atoms with van der Waals surface area (Å²) in [7, 11) is -4.67. The second-order valence-electron chi connectivity index (χ2n) is 0.448. The van der Waals surface area contributed by atoms with E-state index in [-0.39, 0.29) is 53.2 Å². The molecule has 0 spiro atoms. The molecule has 0 amide bonds. The van der Waals surface area contributed by atoms with Crippen molar-refractivity contribution in [1.82, 2.24) is 0 Å². The molecular weight excluding hydrogens is 291 g/mol. The van der Waals surface area contributed by atoms with E-state index in [1.165, 1.54) is 0 Å². The predicted molar refractivity (Wildman–Crippen MR) is 42.2 cm³/mol. The maximum atomic E-state index is 8.74. The van der Waals surface area contributed by atoms with Gasteiger partial charge in [-0.25, -0.2) is 0 Å². The van der Waals surface area contributed by atoms with Crippen LogP contribution in [0.3, 0.4) is 0 Å². The molecule has 0 aliphatic carbocycles. The van der Waals surface area contributed by atoms with E-state index in [1.807, 2.05) is 0 Å². The summed E-state index contributed by atoms with van der Waals surface area (Å²) in [6, 6.07) is 0. The molecule has 0 aliphatic heterocycles. The number of rotatable bonds is 0. The van der Waals surface area contributed by atoms with Crippen molar-refractivity contribution in [3.05, 3.63) is 0 Å². The molecule has 0 radical (unpaired) electrons. The first kappa shape index (κ1) is 62.2. The van der Waals surface area contributed by atoms with E-state index in [1.54, 1.807) is 0 Å². The molecule has 0 unspecified atom stereocenters. The van der Waals surface area contributed by atoms with Gasteiger partial charge in [0.15, 0.2) is 0 Å². The van der Waals surface area contributed by atoms with Crippen LogP contribution in [-0.2, 0) is 10.4 Å². The topological polar surface area (TPSA) is 232 Å². The molecule has 9 nitrogen and oxygen atoms in total. The molecule has 0 aromatic rings. The summed E-state index contributed by atoms with van der Waals surface area (Å²) in [5.74, 6) is 0. The van der Waals surface area contributed by atoms with Crippen LogP contribution in [0.2, 0.25) is 0 Å². The van der Waals surface area contributed by atoms with Gasteiger partial charge in [0, 0.05) is 0 Å². The van der Waals surface area contributed by atoms with Crippen molar-refractivity contribution >= 4 is 36.2 Å². The molecule has 0 fully saturated rings. The van der Waals surface area contributed by atoms with Crippen molar-refractivity contribution in [1.29, 1.82) is 0 Å². The monoisotopic (exact) mass is 306 g/mol. The molecule has 0 heterocycles. The van der Waals surface area contributed by atoms with E-state index in [0.29, 0.717) is 0 Å². The van der Waals surface area contributed by atoms with Crippen LogP contribution in [0.1, 0.15) is 0 Å². The van der Waals surface area contributed by atoms with Gasteiger partial charge in [-0.15, -0.1) is 0 Å². The van der Waals surface area contributed by atoms with Crippen LogP contribution in [0.15, 0.2) is 0 Å². The summed E-state index contributed by atoms with van der Waals surface area (Å²) in [5.41, 5.74) is 0. The molecule has 0 aliphatic rings. The number of hydrogen-bond acceptors (Lipinski definition) is 2. The summed E-state index contributed by atoms with van der Waals surface area (Å²) in [5, 5.41) is 0. The third-order valence-corrected chi connectivity index (χ3v) is 0. The summed E-state index contributed by atoms with van der Waals surface area (Å²) in [4.78, 5) is 0. The average molecular weight is 306 g/mol. The van der Waals surface area contributed by atoms with Gasteiger partial charge in [0.1, 0.15) is 0 Å². The SMILES string of the molecule is O.O.O.O.O.O=S(=O)(O)O.[InH3]. The molecule has 0 rings (SSSR count). The zero-order valence-electron chi connectivity index (χ0n) is 4.62. The van der Waals surface area contributed by atoms with Gasteiger partial charge < -0.3 is 27.4 Å². The van der Waals surface area contributed by atoms with Gasteiger partial charge in [0.25, 0.3) is 0 Å². The predicted octanol–water partition coefficient (Wildman–Crippen LogP) is -5.96. The van der Waals surface area contributed by atoms with Gasteiger partial charge in [-0.1, -0.05) is 0 Å². The van der Waals surface area contributed by atoms with Crippen molar-refractivity contribution in [2.45, 2.75) is 0 Å². The summed E-state index contributed by atoms with van der Waals surface area (Å²) in [6.45, 7) is 0. The zero-order chi connectivity index (χ0) is 4.50. The van der Waals surface area contributed by atoms with Crippen molar-refractivity contribution in [2.24, 2.45) is 0 Å². The van der Waals surface area contributed by atoms with E-state index in [2.05, 4.69) is 0 Å². The van der Waals surface area contributed by atoms with Crippen LogP contribution < -0.4 is 0 Å². The van der Waals surface area contributed by atoms with Crippen LogP contribution in [-0.4, -0.2) is 70.7 Å². The van der Waals surface area contributed by atoms with Gasteiger partial charge in [0.2, 0.25) is 0 Å². The molecule has 12 N–H and O–H groups in total. The van der Waals surface area contributed by atoms with Crippen molar-refractivity contribution in [2.75, 3.05) is 0 Å². The molecule has 11 heavy (non-hydrogen) atoms. The fourth-order valence-corrected chi connectivity index (χ4v) is 0. The van der Waals surface area contributed by atoms with Crippen LogP contribution >= 0.6 is 0 Å². The number of hydrogen-bond donors (Lipinski definition) is 2. The standard InChI is InChI=1S/In.H2O4S.5H2O.3H/c;1-5(2,3)4;;;;;;;;/h;(H2,1,2,3,4);5*1H2;;;. The molecule has 0 saturated carbocycles. The first-order chi connectivity index (χ1) is 2.00. The summed E-state index contributed by atoms with van der Waals surface area (Å²) in [6.07, 6.45) is 0. The zero-order valence-corrected chi connectivity index (χ0v) is 5.44. The Bertz CT molecular complexity index is 92.7. The molecular formula is H15InO9S. The second-order valence-corrected chi connectivity index (χ2v) is 1.34. The Labute approximate surface area is 81.3 Å². The van der Waals surface area contributed by atoms with E-state index in [0.717, 1.165) is 0 Å². The normalized spacial score (nSPS) is 5.27. The molecule has 11 heteroatoms. The first-order valence-electron chi connectivity index (χ1n) is 0.698. The van der Waals surface area contributed by atoms with E-state index >= 15 is 0 Å². The van der Waals surface area contributed by atoms with Crippen molar-refractivity contribution < 1.29 is 44.9 Å². The van der Waals surface area contributed by atoms with Gasteiger partial charge in [-0.2, -0.15) is 8.42 Å². The minimum atomic E-state index is -4.67. The molecule has 0 bridgehead atoms. The molecule has 0 atom stereocenters. The molecule has 78 valence electrons. The second kappa shape index (κ2) is 22.4. The van der Waals surface area contributed by atoms with Crippen LogP contribution in [0, 0.1) is 0 Å². The van der Waals surface area contributed by atoms with Crippen LogP contribution in [0.4, 0.5) is 0 Å². The Kier molecular flexibility index (Phi) is 127. The van der Waals surface area contributed by atoms with Gasteiger partial charge in [-0.05, 0) is 0 Å². The van der Waals surface area contributed by atoms with E-state index in [4.69, 9.17) is 17.5 Å². The molecule has 0 aromatic heterocycles. The average Bonchev–Trinajstić information content (AvgIpc) is 0.722. The molecule has 0 saturated heterocycles. The Morgan fingerprint density at radius 2 is 0.727 bits per heavy atom. The van der Waals surface area contributed by atoms with Crippen molar-refractivity contribution in [3.63, 3.8) is 0 Å². The van der Waals surface area contributed by atoms with Crippen molar-refractivity contribution in [3.8, 4) is 0 Å². The van der Waals surface area contributed by atoms with E-state index in [9.17, 15) is 0 Å². The Morgan fingerprint density at radius 3 is 0.727 bits per heavy atom. The molecule has 0 aromatic carbocycles.